The highest BCUT2D eigenvalue weighted by atomic mass is 16.5. The molecule has 0 aliphatic heterocycles. The van der Waals surface area contributed by atoms with Crippen LogP contribution in [0.3, 0.4) is 0 Å². The molecule has 0 aliphatic carbocycles. The largest absolute Gasteiger partial charge is 0.496 e. The molecule has 28 heavy (non-hydrogen) atoms. The summed E-state index contributed by atoms with van der Waals surface area (Å²) in [4.78, 5) is 12.6. The number of anilines is 1. The Morgan fingerprint density at radius 1 is 1.07 bits per heavy atom. The molecular weight excluding hydrogens is 352 g/mol. The highest BCUT2D eigenvalue weighted by molar-refractivity contribution is 6.11. The van der Waals surface area contributed by atoms with E-state index in [1.165, 1.54) is 0 Å². The zero-order valence-electron chi connectivity index (χ0n) is 15.7. The predicted octanol–water partition coefficient (Wildman–Crippen LogP) is 4.79. The van der Waals surface area contributed by atoms with Gasteiger partial charge >= 0.3 is 0 Å². The number of hydrogen-bond acceptors (Lipinski definition) is 4. The van der Waals surface area contributed by atoms with E-state index in [1.807, 2.05) is 49.4 Å². The minimum atomic E-state index is -0.466. The lowest BCUT2D eigenvalue weighted by atomic mass is 10.0. The van der Waals surface area contributed by atoms with Crippen molar-refractivity contribution in [3.8, 4) is 17.6 Å². The summed E-state index contributed by atoms with van der Waals surface area (Å²) in [6.45, 7) is 2.48. The van der Waals surface area contributed by atoms with Crippen LogP contribution in [0.2, 0.25) is 0 Å². The smallest absolute Gasteiger partial charge is 0.266 e. The van der Waals surface area contributed by atoms with Gasteiger partial charge < -0.3 is 14.8 Å². The summed E-state index contributed by atoms with van der Waals surface area (Å²) in [6, 6.07) is 20.4. The van der Waals surface area contributed by atoms with Gasteiger partial charge in [0.05, 0.1) is 13.7 Å². The van der Waals surface area contributed by atoms with Crippen molar-refractivity contribution in [2.75, 3.05) is 19.0 Å². The molecule has 0 bridgehead atoms. The second kappa shape index (κ2) is 8.74. The lowest BCUT2D eigenvalue weighted by Gasteiger charge is -2.09. The molecule has 0 aliphatic rings. The minimum absolute atomic E-state index is 0.0178. The quantitative estimate of drug-likeness (QED) is 0.499. The van der Waals surface area contributed by atoms with Gasteiger partial charge in [-0.3, -0.25) is 4.79 Å². The van der Waals surface area contributed by atoms with Gasteiger partial charge in [-0.1, -0.05) is 30.3 Å². The number of fused-ring (bicyclic) bond motifs is 1. The molecule has 1 amide bonds. The number of amides is 1. The third kappa shape index (κ3) is 4.13. The minimum Gasteiger partial charge on any atom is -0.496 e. The molecule has 0 saturated heterocycles. The molecule has 140 valence electrons. The van der Waals surface area contributed by atoms with Crippen molar-refractivity contribution < 1.29 is 14.3 Å². The van der Waals surface area contributed by atoms with Crippen molar-refractivity contribution in [3.05, 3.63) is 71.8 Å². The number of benzene rings is 3. The summed E-state index contributed by atoms with van der Waals surface area (Å²) in [5.41, 5.74) is 1.38. The van der Waals surface area contributed by atoms with Gasteiger partial charge in [0.2, 0.25) is 0 Å². The first-order valence-corrected chi connectivity index (χ1v) is 8.88. The Hall–Kier alpha value is -3.78. The Labute approximate surface area is 163 Å². The predicted molar refractivity (Wildman–Crippen MR) is 110 cm³/mol. The normalized spacial score (nSPS) is 11.0. The maximum absolute atomic E-state index is 12.6. The third-order valence-corrected chi connectivity index (χ3v) is 4.23. The highest BCUT2D eigenvalue weighted by Gasteiger charge is 2.12. The molecule has 0 atom stereocenters. The van der Waals surface area contributed by atoms with Crippen LogP contribution in [0.15, 0.2) is 66.2 Å². The number of rotatable bonds is 6. The van der Waals surface area contributed by atoms with Gasteiger partial charge in [-0.15, -0.1) is 0 Å². The zero-order chi connectivity index (χ0) is 19.9. The number of methoxy groups -OCH3 is 1. The zero-order valence-corrected chi connectivity index (χ0v) is 15.7. The van der Waals surface area contributed by atoms with Crippen LogP contribution in [0.25, 0.3) is 16.8 Å². The van der Waals surface area contributed by atoms with Crippen LogP contribution >= 0.6 is 0 Å². The lowest BCUT2D eigenvalue weighted by molar-refractivity contribution is -0.112. The molecule has 1 N–H and O–H groups in total. The van der Waals surface area contributed by atoms with Gasteiger partial charge in [-0.2, -0.15) is 5.26 Å². The monoisotopic (exact) mass is 372 g/mol. The molecule has 0 spiro atoms. The topological polar surface area (TPSA) is 71.3 Å². The summed E-state index contributed by atoms with van der Waals surface area (Å²) in [7, 11) is 1.61. The van der Waals surface area contributed by atoms with E-state index in [0.717, 1.165) is 27.8 Å². The van der Waals surface area contributed by atoms with Gasteiger partial charge in [-0.05, 0) is 54.3 Å². The van der Waals surface area contributed by atoms with Crippen molar-refractivity contribution in [3.63, 3.8) is 0 Å². The van der Waals surface area contributed by atoms with E-state index in [1.54, 1.807) is 37.5 Å². The van der Waals surface area contributed by atoms with Crippen LogP contribution in [0.1, 0.15) is 12.5 Å². The first-order valence-electron chi connectivity index (χ1n) is 8.88. The van der Waals surface area contributed by atoms with Crippen molar-refractivity contribution in [2.45, 2.75) is 6.92 Å². The number of ether oxygens (including phenoxy) is 2. The number of nitriles is 1. The summed E-state index contributed by atoms with van der Waals surface area (Å²) >= 11 is 0. The molecule has 5 nitrogen and oxygen atoms in total. The summed E-state index contributed by atoms with van der Waals surface area (Å²) < 4.78 is 10.8. The molecule has 0 aromatic heterocycles. The second-order valence-corrected chi connectivity index (χ2v) is 5.98. The Balaban J connectivity index is 1.89. The summed E-state index contributed by atoms with van der Waals surface area (Å²) in [5.74, 6) is 0.998. The van der Waals surface area contributed by atoms with Crippen molar-refractivity contribution in [1.82, 2.24) is 0 Å². The molecule has 0 fully saturated rings. The first-order chi connectivity index (χ1) is 13.7. The van der Waals surface area contributed by atoms with Crippen LogP contribution in [0.5, 0.6) is 11.5 Å². The molecule has 5 heteroatoms. The maximum atomic E-state index is 12.6. The number of carbonyl (C=O) groups is 1. The van der Waals surface area contributed by atoms with E-state index < -0.39 is 5.91 Å². The fourth-order valence-corrected chi connectivity index (χ4v) is 2.90. The van der Waals surface area contributed by atoms with E-state index in [-0.39, 0.29) is 5.57 Å². The molecule has 0 radical (unpaired) electrons. The van der Waals surface area contributed by atoms with Crippen LogP contribution in [0.4, 0.5) is 5.69 Å². The first kappa shape index (κ1) is 19.0. The third-order valence-electron chi connectivity index (χ3n) is 4.23. The Bertz CT molecular complexity index is 1060. The molecule has 0 saturated carbocycles. The van der Waals surface area contributed by atoms with Crippen LogP contribution < -0.4 is 14.8 Å². The molecular formula is C23H20N2O3. The number of carbonyl (C=O) groups excluding carboxylic acids is 1. The fraction of sp³-hybridized carbons (Fsp3) is 0.130. The van der Waals surface area contributed by atoms with E-state index in [2.05, 4.69) is 5.32 Å². The van der Waals surface area contributed by atoms with Gasteiger partial charge in [0.15, 0.2) is 0 Å². The Morgan fingerprint density at radius 3 is 2.43 bits per heavy atom. The maximum Gasteiger partial charge on any atom is 0.266 e. The molecule has 0 heterocycles. The van der Waals surface area contributed by atoms with Crippen LogP contribution in [0, 0.1) is 11.3 Å². The van der Waals surface area contributed by atoms with Gasteiger partial charge in [0.1, 0.15) is 23.1 Å². The number of nitrogens with one attached hydrogen (secondary N) is 1. The van der Waals surface area contributed by atoms with E-state index in [9.17, 15) is 10.1 Å². The highest BCUT2D eigenvalue weighted by Crippen LogP contribution is 2.29. The number of hydrogen-bond donors (Lipinski definition) is 1. The van der Waals surface area contributed by atoms with Crippen molar-refractivity contribution in [2.24, 2.45) is 0 Å². The molecule has 3 aromatic rings. The fourth-order valence-electron chi connectivity index (χ4n) is 2.90. The molecule has 0 unspecified atom stereocenters. The van der Waals surface area contributed by atoms with E-state index in [4.69, 9.17) is 9.47 Å². The Kier molecular flexibility index (Phi) is 5.93. The lowest BCUT2D eigenvalue weighted by Crippen LogP contribution is -2.13. The van der Waals surface area contributed by atoms with E-state index in [0.29, 0.717) is 12.3 Å². The van der Waals surface area contributed by atoms with Gasteiger partial charge in [-0.25, -0.2) is 0 Å². The van der Waals surface area contributed by atoms with Crippen molar-refractivity contribution >= 4 is 28.4 Å². The van der Waals surface area contributed by atoms with Gasteiger partial charge in [0.25, 0.3) is 5.91 Å². The standard InChI is InChI=1S/C23H20N2O3/c1-3-28-19-11-9-18(10-12-19)25-23(26)17(15-24)14-16-8-13-22(27-2)21-7-5-4-6-20(16)21/h4-14H,3H2,1-2H3,(H,25,26)/b17-14-. The molecule has 3 rings (SSSR count). The van der Waals surface area contributed by atoms with Gasteiger partial charge in [0, 0.05) is 11.1 Å². The molecule has 3 aromatic carbocycles. The summed E-state index contributed by atoms with van der Waals surface area (Å²) in [5, 5.41) is 14.1. The second-order valence-electron chi connectivity index (χ2n) is 5.98. The average Bonchev–Trinajstić information content (AvgIpc) is 2.73. The average molecular weight is 372 g/mol. The SMILES string of the molecule is CCOc1ccc(NC(=O)/C(C#N)=C\c2ccc(OC)c3ccccc23)cc1. The van der Waals surface area contributed by atoms with Crippen LogP contribution in [-0.2, 0) is 4.79 Å². The van der Waals surface area contributed by atoms with E-state index >= 15 is 0 Å². The number of nitrogens with zero attached hydrogens (tertiary/aromatic N) is 1. The summed E-state index contributed by atoms with van der Waals surface area (Å²) in [6.07, 6.45) is 1.59. The van der Waals surface area contributed by atoms with Crippen LogP contribution in [-0.4, -0.2) is 19.6 Å². The Morgan fingerprint density at radius 2 is 1.79 bits per heavy atom. The van der Waals surface area contributed by atoms with Crippen molar-refractivity contribution in [1.29, 1.82) is 5.26 Å².